The molecule has 0 spiro atoms. The first kappa shape index (κ1) is 23.2. The number of aryl methyl sites for hydroxylation is 1. The normalized spacial score (nSPS) is 19.2. The van der Waals surface area contributed by atoms with Crippen molar-refractivity contribution in [1.82, 2.24) is 0 Å². The van der Waals surface area contributed by atoms with E-state index in [0.29, 0.717) is 0 Å². The highest BCUT2D eigenvalue weighted by Gasteiger charge is 2.52. The van der Waals surface area contributed by atoms with Crippen molar-refractivity contribution in [2.45, 2.75) is 92.3 Å². The quantitative estimate of drug-likeness (QED) is 0.507. The highest BCUT2D eigenvalue weighted by Crippen LogP contribution is 2.40. The molecule has 1 fully saturated rings. The zero-order valence-electron chi connectivity index (χ0n) is 19.8. The van der Waals surface area contributed by atoms with Gasteiger partial charge in [-0.2, -0.15) is 0 Å². The van der Waals surface area contributed by atoms with Crippen molar-refractivity contribution in [3.63, 3.8) is 0 Å². The molecule has 2 rings (SSSR count). The average Bonchev–Trinajstić information content (AvgIpc) is 2.71. The molecule has 1 aliphatic rings. The third-order valence-corrected chi connectivity index (χ3v) is 5.89. The second kappa shape index (κ2) is 7.66. The predicted octanol–water partition coefficient (Wildman–Crippen LogP) is 4.99. The standard InChI is InChI=1S/C23H39BO4/c1-16-12-17(21(5,6)14-20(2,3)4)13-18(19(16)26-15-25-11)24-27-22(7,8)23(9,10)28-24/h12-13H,14-15H2,1-11H3. The van der Waals surface area contributed by atoms with E-state index >= 15 is 0 Å². The van der Waals surface area contributed by atoms with E-state index < -0.39 is 18.3 Å². The third-order valence-electron chi connectivity index (χ3n) is 5.89. The minimum Gasteiger partial charge on any atom is -0.468 e. The smallest absolute Gasteiger partial charge is 0.468 e. The first-order valence-electron chi connectivity index (χ1n) is 10.2. The highest BCUT2D eigenvalue weighted by atomic mass is 16.7. The van der Waals surface area contributed by atoms with E-state index in [0.717, 1.165) is 23.2 Å². The Morgan fingerprint density at radius 3 is 1.96 bits per heavy atom. The Morgan fingerprint density at radius 1 is 0.964 bits per heavy atom. The Morgan fingerprint density at radius 2 is 1.50 bits per heavy atom. The van der Waals surface area contributed by atoms with Gasteiger partial charge in [-0.05, 0) is 63.0 Å². The van der Waals surface area contributed by atoms with Gasteiger partial charge >= 0.3 is 7.12 Å². The summed E-state index contributed by atoms with van der Waals surface area (Å²) in [6, 6.07) is 4.43. The van der Waals surface area contributed by atoms with Gasteiger partial charge in [-0.15, -0.1) is 0 Å². The fraction of sp³-hybridized carbons (Fsp3) is 0.739. The molecule has 0 amide bonds. The highest BCUT2D eigenvalue weighted by molar-refractivity contribution is 6.63. The molecular formula is C23H39BO4. The summed E-state index contributed by atoms with van der Waals surface area (Å²) in [5.41, 5.74) is 2.72. The van der Waals surface area contributed by atoms with Gasteiger partial charge in [-0.3, -0.25) is 0 Å². The van der Waals surface area contributed by atoms with E-state index in [2.05, 4.69) is 81.4 Å². The van der Waals surface area contributed by atoms with E-state index in [4.69, 9.17) is 18.8 Å². The number of hydrogen-bond acceptors (Lipinski definition) is 4. The molecule has 1 aromatic rings. The Labute approximate surface area is 172 Å². The summed E-state index contributed by atoms with van der Waals surface area (Å²) >= 11 is 0. The van der Waals surface area contributed by atoms with Crippen molar-refractivity contribution < 1.29 is 18.8 Å². The summed E-state index contributed by atoms with van der Waals surface area (Å²) in [4.78, 5) is 0. The van der Waals surface area contributed by atoms with E-state index in [1.807, 2.05) is 0 Å². The lowest BCUT2D eigenvalue weighted by Gasteiger charge is -2.34. The summed E-state index contributed by atoms with van der Waals surface area (Å²) in [5.74, 6) is 0.788. The van der Waals surface area contributed by atoms with Gasteiger partial charge in [0.05, 0.1) is 11.2 Å². The zero-order chi connectivity index (χ0) is 21.5. The monoisotopic (exact) mass is 390 g/mol. The van der Waals surface area contributed by atoms with Crippen molar-refractivity contribution in [3.05, 3.63) is 23.3 Å². The fourth-order valence-electron chi connectivity index (χ4n) is 4.08. The van der Waals surface area contributed by atoms with Crippen molar-refractivity contribution in [2.75, 3.05) is 13.9 Å². The molecule has 0 atom stereocenters. The maximum atomic E-state index is 6.35. The number of ether oxygens (including phenoxy) is 2. The van der Waals surface area contributed by atoms with Gasteiger partial charge in [0.15, 0.2) is 6.79 Å². The lowest BCUT2D eigenvalue weighted by Crippen LogP contribution is -2.41. The minimum atomic E-state index is -0.471. The van der Waals surface area contributed by atoms with Crippen LogP contribution in [-0.2, 0) is 19.5 Å². The van der Waals surface area contributed by atoms with E-state index in [1.54, 1.807) is 7.11 Å². The van der Waals surface area contributed by atoms with Crippen LogP contribution in [0.25, 0.3) is 0 Å². The van der Waals surface area contributed by atoms with Gasteiger partial charge in [0, 0.05) is 12.6 Å². The summed E-state index contributed by atoms with van der Waals surface area (Å²) in [6.45, 7) is 22.0. The molecule has 0 bridgehead atoms. The maximum Gasteiger partial charge on any atom is 0.498 e. The number of benzene rings is 1. The van der Waals surface area contributed by atoms with Crippen LogP contribution in [0.2, 0.25) is 0 Å². The van der Waals surface area contributed by atoms with Gasteiger partial charge in [0.1, 0.15) is 5.75 Å². The summed E-state index contributed by atoms with van der Waals surface area (Å²) < 4.78 is 23.8. The second-order valence-electron chi connectivity index (χ2n) is 11.0. The predicted molar refractivity (Wildman–Crippen MR) is 116 cm³/mol. The Bertz CT molecular complexity index is 685. The van der Waals surface area contributed by atoms with Crippen molar-refractivity contribution in [2.24, 2.45) is 5.41 Å². The molecule has 0 aliphatic carbocycles. The Balaban J connectivity index is 2.54. The molecule has 1 aromatic carbocycles. The molecule has 28 heavy (non-hydrogen) atoms. The molecule has 158 valence electrons. The second-order valence-corrected chi connectivity index (χ2v) is 11.0. The summed E-state index contributed by atoms with van der Waals surface area (Å²) in [6.07, 6.45) is 1.07. The van der Waals surface area contributed by atoms with Gasteiger partial charge < -0.3 is 18.8 Å². The first-order chi connectivity index (χ1) is 12.6. The van der Waals surface area contributed by atoms with Crippen LogP contribution in [0, 0.1) is 12.3 Å². The summed E-state index contributed by atoms with van der Waals surface area (Å²) in [5, 5.41) is 0. The van der Waals surface area contributed by atoms with Gasteiger partial charge in [0.25, 0.3) is 0 Å². The average molecular weight is 390 g/mol. The van der Waals surface area contributed by atoms with Crippen LogP contribution in [0.5, 0.6) is 5.75 Å². The van der Waals surface area contributed by atoms with E-state index in [9.17, 15) is 0 Å². The van der Waals surface area contributed by atoms with Gasteiger partial charge in [-0.1, -0.05) is 46.8 Å². The molecule has 0 saturated carbocycles. The molecule has 4 nitrogen and oxygen atoms in total. The Kier molecular flexibility index (Phi) is 6.36. The molecular weight excluding hydrogens is 351 g/mol. The van der Waals surface area contributed by atoms with Crippen LogP contribution in [0.3, 0.4) is 0 Å². The molecule has 0 unspecified atom stereocenters. The molecule has 0 radical (unpaired) electrons. The summed E-state index contributed by atoms with van der Waals surface area (Å²) in [7, 11) is 1.16. The molecule has 0 aromatic heterocycles. The molecule has 1 heterocycles. The van der Waals surface area contributed by atoms with Crippen LogP contribution < -0.4 is 10.2 Å². The lowest BCUT2D eigenvalue weighted by molar-refractivity contribution is 0.00578. The van der Waals surface area contributed by atoms with E-state index in [-0.39, 0.29) is 17.6 Å². The largest absolute Gasteiger partial charge is 0.498 e. The Hall–Kier alpha value is -1.04. The SMILES string of the molecule is COCOc1c(C)cc(C(C)(C)CC(C)(C)C)cc1B1OC(C)(C)C(C)(C)O1. The van der Waals surface area contributed by atoms with Crippen LogP contribution in [0.4, 0.5) is 0 Å². The van der Waals surface area contributed by atoms with Crippen molar-refractivity contribution >= 4 is 12.6 Å². The van der Waals surface area contributed by atoms with Crippen molar-refractivity contribution in [3.8, 4) is 5.75 Å². The molecule has 0 N–H and O–H groups in total. The fourth-order valence-corrected chi connectivity index (χ4v) is 4.08. The minimum absolute atomic E-state index is 0.0151. The number of hydrogen-bond donors (Lipinski definition) is 0. The number of methoxy groups -OCH3 is 1. The molecule has 1 aliphatic heterocycles. The van der Waals surface area contributed by atoms with Crippen LogP contribution in [0.15, 0.2) is 12.1 Å². The van der Waals surface area contributed by atoms with Crippen LogP contribution in [-0.4, -0.2) is 32.2 Å². The zero-order valence-corrected chi connectivity index (χ0v) is 19.8. The van der Waals surface area contributed by atoms with E-state index in [1.165, 1.54) is 5.56 Å². The molecule has 1 saturated heterocycles. The lowest BCUT2D eigenvalue weighted by atomic mass is 9.69. The number of rotatable bonds is 6. The van der Waals surface area contributed by atoms with Crippen molar-refractivity contribution in [1.29, 1.82) is 0 Å². The maximum absolute atomic E-state index is 6.35. The third kappa shape index (κ3) is 4.92. The van der Waals surface area contributed by atoms with Gasteiger partial charge in [-0.25, -0.2) is 0 Å². The first-order valence-corrected chi connectivity index (χ1v) is 10.2. The molecule has 5 heteroatoms. The van der Waals surface area contributed by atoms with Crippen LogP contribution >= 0.6 is 0 Å². The topological polar surface area (TPSA) is 36.9 Å². The van der Waals surface area contributed by atoms with Gasteiger partial charge in [0.2, 0.25) is 0 Å². The van der Waals surface area contributed by atoms with Crippen LogP contribution in [0.1, 0.15) is 79.9 Å².